The van der Waals surface area contributed by atoms with E-state index in [4.69, 9.17) is 14.2 Å². The molecule has 1 saturated carbocycles. The summed E-state index contributed by atoms with van der Waals surface area (Å²) < 4.78 is 17.3. The minimum Gasteiger partial charge on any atom is -0.465 e. The molecule has 1 aromatic rings. The van der Waals surface area contributed by atoms with Gasteiger partial charge in [-0.05, 0) is 41.5 Å². The summed E-state index contributed by atoms with van der Waals surface area (Å²) in [6.45, 7) is 2.81. The molecule has 1 amide bonds. The summed E-state index contributed by atoms with van der Waals surface area (Å²) in [5, 5.41) is 0. The smallest absolute Gasteiger partial charge is 0.350 e. The van der Waals surface area contributed by atoms with Gasteiger partial charge in [-0.3, -0.25) is 4.79 Å². The van der Waals surface area contributed by atoms with Crippen LogP contribution in [0.4, 0.5) is 5.69 Å². The Bertz CT molecular complexity index is 630. The molecule has 8 heteroatoms. The zero-order valence-electron chi connectivity index (χ0n) is 13.7. The molecule has 2 aliphatic rings. The second kappa shape index (κ2) is 7.27. The standard InChI is InChI=1S/C16H20INO5S/c1-10(19)18(12-9-13(17)24-14(12)15(20)21-2)11-3-5-16(6-4-11)22-7-8-23-16/h9,11H,3-8H2,1-2H3. The predicted octanol–water partition coefficient (Wildman–Crippen LogP) is 3.18. The molecule has 1 aromatic heterocycles. The summed E-state index contributed by atoms with van der Waals surface area (Å²) >= 11 is 3.51. The third kappa shape index (κ3) is 3.47. The summed E-state index contributed by atoms with van der Waals surface area (Å²) in [4.78, 5) is 26.6. The van der Waals surface area contributed by atoms with Gasteiger partial charge in [0.1, 0.15) is 4.88 Å². The van der Waals surface area contributed by atoms with Gasteiger partial charge in [0.05, 0.1) is 28.9 Å². The molecule has 2 heterocycles. The highest BCUT2D eigenvalue weighted by Gasteiger charge is 2.42. The number of anilines is 1. The first-order valence-corrected chi connectivity index (χ1v) is 9.81. The van der Waals surface area contributed by atoms with Crippen molar-refractivity contribution in [3.8, 4) is 0 Å². The SMILES string of the molecule is COC(=O)c1sc(I)cc1N(C(C)=O)C1CCC2(CC1)OCCO2. The van der Waals surface area contributed by atoms with E-state index in [0.717, 1.165) is 28.6 Å². The van der Waals surface area contributed by atoms with Crippen LogP contribution in [0, 0.1) is 2.88 Å². The first-order valence-electron chi connectivity index (χ1n) is 7.91. The number of hydrogen-bond donors (Lipinski definition) is 0. The Morgan fingerprint density at radius 3 is 2.50 bits per heavy atom. The molecule has 1 saturated heterocycles. The quantitative estimate of drug-likeness (QED) is 0.507. The number of carbonyl (C=O) groups excluding carboxylic acids is 2. The maximum atomic E-state index is 12.3. The van der Waals surface area contributed by atoms with Gasteiger partial charge >= 0.3 is 5.97 Å². The molecule has 0 aromatic carbocycles. The van der Waals surface area contributed by atoms with Gasteiger partial charge in [-0.1, -0.05) is 0 Å². The molecule has 1 aliphatic carbocycles. The zero-order valence-corrected chi connectivity index (χ0v) is 16.6. The van der Waals surface area contributed by atoms with E-state index in [-0.39, 0.29) is 11.9 Å². The van der Waals surface area contributed by atoms with Gasteiger partial charge in [-0.2, -0.15) is 0 Å². The van der Waals surface area contributed by atoms with Crippen LogP contribution in [-0.4, -0.2) is 44.0 Å². The monoisotopic (exact) mass is 465 g/mol. The summed E-state index contributed by atoms with van der Waals surface area (Å²) in [5.74, 6) is -0.935. The molecule has 3 rings (SSSR count). The van der Waals surface area contributed by atoms with E-state index >= 15 is 0 Å². The van der Waals surface area contributed by atoms with Gasteiger partial charge in [0.2, 0.25) is 5.91 Å². The number of nitrogens with zero attached hydrogens (tertiary/aromatic N) is 1. The number of amides is 1. The van der Waals surface area contributed by atoms with E-state index in [1.807, 2.05) is 6.07 Å². The van der Waals surface area contributed by atoms with Gasteiger partial charge in [0, 0.05) is 25.8 Å². The molecular formula is C16H20INO5S. The number of carbonyl (C=O) groups is 2. The maximum Gasteiger partial charge on any atom is 0.350 e. The van der Waals surface area contributed by atoms with Crippen molar-refractivity contribution in [3.05, 3.63) is 13.8 Å². The van der Waals surface area contributed by atoms with E-state index in [9.17, 15) is 9.59 Å². The molecular weight excluding hydrogens is 445 g/mol. The molecule has 1 aliphatic heterocycles. The van der Waals surface area contributed by atoms with Crippen LogP contribution in [0.25, 0.3) is 0 Å². The van der Waals surface area contributed by atoms with Crippen molar-refractivity contribution in [1.29, 1.82) is 0 Å². The predicted molar refractivity (Wildman–Crippen MR) is 98.4 cm³/mol. The summed E-state index contributed by atoms with van der Waals surface area (Å²) in [7, 11) is 1.36. The lowest BCUT2D eigenvalue weighted by molar-refractivity contribution is -0.178. The lowest BCUT2D eigenvalue weighted by Crippen LogP contribution is -2.46. The van der Waals surface area contributed by atoms with Crippen molar-refractivity contribution < 1.29 is 23.8 Å². The Balaban J connectivity index is 1.84. The summed E-state index contributed by atoms with van der Waals surface area (Å²) in [6, 6.07) is 1.92. The first-order chi connectivity index (χ1) is 11.5. The maximum absolute atomic E-state index is 12.3. The van der Waals surface area contributed by atoms with Crippen LogP contribution in [0.1, 0.15) is 42.3 Å². The van der Waals surface area contributed by atoms with Crippen LogP contribution in [0.2, 0.25) is 0 Å². The van der Waals surface area contributed by atoms with E-state index in [0.29, 0.717) is 23.8 Å². The Labute approximate surface area is 158 Å². The molecule has 132 valence electrons. The minimum absolute atomic E-state index is 0.0368. The Morgan fingerprint density at radius 2 is 1.96 bits per heavy atom. The van der Waals surface area contributed by atoms with Crippen LogP contribution in [-0.2, 0) is 19.0 Å². The highest BCUT2D eigenvalue weighted by molar-refractivity contribution is 14.1. The number of rotatable bonds is 3. The second-order valence-corrected chi connectivity index (χ2v) is 8.93. The van der Waals surface area contributed by atoms with Crippen LogP contribution < -0.4 is 4.90 Å². The molecule has 2 fully saturated rings. The molecule has 0 unspecified atom stereocenters. The van der Waals surface area contributed by atoms with Gasteiger partial charge in [0.15, 0.2) is 5.79 Å². The van der Waals surface area contributed by atoms with Gasteiger partial charge in [-0.15, -0.1) is 11.3 Å². The summed E-state index contributed by atoms with van der Waals surface area (Å²) in [6.07, 6.45) is 3.09. The molecule has 1 spiro atoms. The van der Waals surface area contributed by atoms with E-state index < -0.39 is 11.8 Å². The Morgan fingerprint density at radius 1 is 1.33 bits per heavy atom. The van der Waals surface area contributed by atoms with Gasteiger partial charge in [-0.25, -0.2) is 4.79 Å². The van der Waals surface area contributed by atoms with Crippen molar-refractivity contribution in [2.24, 2.45) is 0 Å². The van der Waals surface area contributed by atoms with Crippen molar-refractivity contribution in [3.63, 3.8) is 0 Å². The number of methoxy groups -OCH3 is 1. The summed E-state index contributed by atoms with van der Waals surface area (Å²) in [5.41, 5.74) is 0.651. The number of hydrogen-bond acceptors (Lipinski definition) is 6. The topological polar surface area (TPSA) is 65.1 Å². The van der Waals surface area contributed by atoms with Crippen LogP contribution in [0.15, 0.2) is 6.07 Å². The number of esters is 1. The Hall–Kier alpha value is -0.710. The lowest BCUT2D eigenvalue weighted by Gasteiger charge is -2.40. The molecule has 0 bridgehead atoms. The van der Waals surface area contributed by atoms with Gasteiger partial charge in [0.25, 0.3) is 0 Å². The zero-order chi connectivity index (χ0) is 17.3. The van der Waals surface area contributed by atoms with Crippen LogP contribution in [0.3, 0.4) is 0 Å². The first kappa shape index (κ1) is 18.1. The van der Waals surface area contributed by atoms with Crippen LogP contribution >= 0.6 is 33.9 Å². The average Bonchev–Trinajstić information content (AvgIpc) is 3.16. The largest absolute Gasteiger partial charge is 0.465 e. The Kier molecular flexibility index (Phi) is 5.48. The molecule has 0 N–H and O–H groups in total. The average molecular weight is 465 g/mol. The van der Waals surface area contributed by atoms with Crippen molar-refractivity contribution in [1.82, 2.24) is 0 Å². The third-order valence-electron chi connectivity index (χ3n) is 4.55. The fourth-order valence-electron chi connectivity index (χ4n) is 3.48. The highest BCUT2D eigenvalue weighted by Crippen LogP contribution is 2.40. The van der Waals surface area contributed by atoms with Crippen molar-refractivity contribution >= 4 is 51.5 Å². The molecule has 24 heavy (non-hydrogen) atoms. The minimum atomic E-state index is -0.465. The fourth-order valence-corrected chi connectivity index (χ4v) is 5.23. The number of ether oxygens (including phenoxy) is 3. The third-order valence-corrected chi connectivity index (χ3v) is 6.41. The van der Waals surface area contributed by atoms with E-state index in [1.165, 1.54) is 18.4 Å². The fraction of sp³-hybridized carbons (Fsp3) is 0.625. The van der Waals surface area contributed by atoms with Crippen molar-refractivity contribution in [2.75, 3.05) is 25.2 Å². The van der Waals surface area contributed by atoms with E-state index in [1.54, 1.807) is 11.8 Å². The van der Waals surface area contributed by atoms with Crippen LogP contribution in [0.5, 0.6) is 0 Å². The van der Waals surface area contributed by atoms with E-state index in [2.05, 4.69) is 22.6 Å². The van der Waals surface area contributed by atoms with Crippen molar-refractivity contribution in [2.45, 2.75) is 44.4 Å². The molecule has 0 atom stereocenters. The number of thiophene rings is 1. The normalized spacial score (nSPS) is 20.3. The van der Waals surface area contributed by atoms with Gasteiger partial charge < -0.3 is 19.1 Å². The molecule has 6 nitrogen and oxygen atoms in total. The number of halogens is 1. The second-order valence-electron chi connectivity index (χ2n) is 5.98. The molecule has 0 radical (unpaired) electrons. The highest BCUT2D eigenvalue weighted by atomic mass is 127. The lowest BCUT2D eigenvalue weighted by atomic mass is 9.88.